The smallest absolute Gasteiger partial charge is 0.387 e. The first kappa shape index (κ1) is 37.0. The van der Waals surface area contributed by atoms with Gasteiger partial charge in [0.2, 0.25) is 11.8 Å². The van der Waals surface area contributed by atoms with Crippen molar-refractivity contribution in [1.29, 1.82) is 0 Å². The van der Waals surface area contributed by atoms with Crippen LogP contribution in [0.2, 0.25) is 0 Å². The zero-order valence-corrected chi connectivity index (χ0v) is 30.2. The molecule has 12 heteroatoms. The minimum Gasteiger partial charge on any atom is -0.387 e. The highest BCUT2D eigenvalue weighted by Crippen LogP contribution is 2.38. The molecular formula is C39H53F3N6O3. The molecule has 2 N–H and O–H groups in total. The van der Waals surface area contributed by atoms with E-state index in [2.05, 4.69) is 22.6 Å². The zero-order chi connectivity index (χ0) is 36.3. The van der Waals surface area contributed by atoms with Crippen molar-refractivity contribution in [3.63, 3.8) is 0 Å². The average molecular weight is 711 g/mol. The lowest BCUT2D eigenvalue weighted by Crippen LogP contribution is -2.50. The third-order valence-corrected chi connectivity index (χ3v) is 11.9. The number of para-hydroxylation sites is 1. The maximum absolute atomic E-state index is 14.2. The second kappa shape index (κ2) is 15.8. The lowest BCUT2D eigenvalue weighted by Gasteiger charge is -2.40. The number of anilines is 2. The van der Waals surface area contributed by atoms with Crippen molar-refractivity contribution < 1.29 is 27.6 Å². The van der Waals surface area contributed by atoms with Gasteiger partial charge in [-0.1, -0.05) is 24.3 Å². The Kier molecular flexibility index (Phi) is 11.5. The molecule has 3 fully saturated rings. The first-order valence-electron chi connectivity index (χ1n) is 18.7. The highest BCUT2D eigenvalue weighted by Gasteiger charge is 2.38. The van der Waals surface area contributed by atoms with Gasteiger partial charge < -0.3 is 30.2 Å². The number of piperidine rings is 3. The minimum absolute atomic E-state index is 0.0129. The predicted molar refractivity (Wildman–Crippen MR) is 193 cm³/mol. The van der Waals surface area contributed by atoms with Crippen LogP contribution >= 0.6 is 0 Å². The van der Waals surface area contributed by atoms with Gasteiger partial charge in [0, 0.05) is 63.6 Å². The SMILES string of the molecule is CNc1c(C)cc(C[C@@H](CC(=O)N2CCC(N3CCc4ccccc4NC3=O)CC2)C(=O)N2CCC(C3CCN(C)CC3)CC2)cc1C(F)(F)F. The van der Waals surface area contributed by atoms with Crippen LogP contribution < -0.4 is 10.6 Å². The number of fused-ring (bicyclic) bond motifs is 1. The fraction of sp³-hybridized carbons (Fsp3) is 0.615. The Morgan fingerprint density at radius 2 is 1.53 bits per heavy atom. The number of carbonyl (C=O) groups is 3. The maximum atomic E-state index is 14.2. The van der Waals surface area contributed by atoms with E-state index in [0.717, 1.165) is 49.7 Å². The Labute approximate surface area is 299 Å². The molecular weight excluding hydrogens is 657 g/mol. The molecule has 9 nitrogen and oxygen atoms in total. The molecule has 2 aromatic rings. The molecule has 6 rings (SSSR count). The summed E-state index contributed by atoms with van der Waals surface area (Å²) in [6.45, 7) is 6.55. The Balaban J connectivity index is 1.13. The van der Waals surface area contributed by atoms with Gasteiger partial charge in [0.15, 0.2) is 0 Å². The summed E-state index contributed by atoms with van der Waals surface area (Å²) in [6.07, 6.45) is 1.58. The fourth-order valence-electron chi connectivity index (χ4n) is 8.92. The van der Waals surface area contributed by atoms with Crippen LogP contribution in [-0.2, 0) is 28.6 Å². The van der Waals surface area contributed by atoms with Gasteiger partial charge in [0.05, 0.1) is 11.5 Å². The summed E-state index contributed by atoms with van der Waals surface area (Å²) in [5, 5.41) is 5.72. The van der Waals surface area contributed by atoms with Gasteiger partial charge in [-0.05, 0) is 119 Å². The number of urea groups is 1. The number of amides is 4. The van der Waals surface area contributed by atoms with E-state index < -0.39 is 17.7 Å². The van der Waals surface area contributed by atoms with Crippen LogP contribution in [0.5, 0.6) is 0 Å². The topological polar surface area (TPSA) is 88.2 Å². The second-order valence-corrected chi connectivity index (χ2v) is 15.1. The monoisotopic (exact) mass is 710 g/mol. The molecule has 0 unspecified atom stereocenters. The molecule has 0 aromatic heterocycles. The second-order valence-electron chi connectivity index (χ2n) is 15.1. The third kappa shape index (κ3) is 8.64. The van der Waals surface area contributed by atoms with Crippen LogP contribution in [0, 0.1) is 24.7 Å². The average Bonchev–Trinajstić information content (AvgIpc) is 3.29. The fourth-order valence-corrected chi connectivity index (χ4v) is 8.92. The van der Waals surface area contributed by atoms with E-state index in [1.807, 2.05) is 34.1 Å². The van der Waals surface area contributed by atoms with E-state index in [4.69, 9.17) is 0 Å². The number of hydrogen-bond acceptors (Lipinski definition) is 5. The normalized spacial score (nSPS) is 20.8. The van der Waals surface area contributed by atoms with Gasteiger partial charge in [-0.2, -0.15) is 13.2 Å². The summed E-state index contributed by atoms with van der Waals surface area (Å²) in [7, 11) is 3.62. The molecule has 278 valence electrons. The van der Waals surface area contributed by atoms with Gasteiger partial charge in [-0.3, -0.25) is 9.59 Å². The number of rotatable bonds is 8. The van der Waals surface area contributed by atoms with Gasteiger partial charge in [0.25, 0.3) is 0 Å². The number of likely N-dealkylation sites (tertiary alicyclic amines) is 3. The number of benzene rings is 2. The number of nitrogens with zero attached hydrogens (tertiary/aromatic N) is 4. The lowest BCUT2D eigenvalue weighted by molar-refractivity contribution is -0.143. The number of halogens is 3. The van der Waals surface area contributed by atoms with Crippen LogP contribution in [0.15, 0.2) is 36.4 Å². The van der Waals surface area contributed by atoms with Crippen LogP contribution in [0.4, 0.5) is 29.3 Å². The van der Waals surface area contributed by atoms with E-state index in [0.29, 0.717) is 68.5 Å². The molecule has 4 amide bonds. The molecule has 1 atom stereocenters. The molecule has 0 radical (unpaired) electrons. The van der Waals surface area contributed by atoms with Gasteiger partial charge in [0.1, 0.15) is 0 Å². The van der Waals surface area contributed by atoms with Crippen molar-refractivity contribution in [3.8, 4) is 0 Å². The summed E-state index contributed by atoms with van der Waals surface area (Å²) in [4.78, 5) is 49.1. The van der Waals surface area contributed by atoms with E-state index in [-0.39, 0.29) is 42.4 Å². The Morgan fingerprint density at radius 1 is 0.902 bits per heavy atom. The van der Waals surface area contributed by atoms with Crippen LogP contribution in [0.1, 0.15) is 67.2 Å². The van der Waals surface area contributed by atoms with Crippen molar-refractivity contribution in [2.75, 3.05) is 70.5 Å². The number of aryl methyl sites for hydroxylation is 1. The number of nitrogens with one attached hydrogen (secondary N) is 2. The predicted octanol–water partition coefficient (Wildman–Crippen LogP) is 6.27. The summed E-state index contributed by atoms with van der Waals surface area (Å²) >= 11 is 0. The zero-order valence-electron chi connectivity index (χ0n) is 30.2. The van der Waals surface area contributed by atoms with E-state index in [1.165, 1.54) is 19.9 Å². The first-order chi connectivity index (χ1) is 24.4. The molecule has 0 saturated carbocycles. The van der Waals surface area contributed by atoms with Crippen LogP contribution in [0.3, 0.4) is 0 Å². The number of alkyl halides is 3. The molecule has 4 aliphatic heterocycles. The molecule has 0 aliphatic carbocycles. The Hall–Kier alpha value is -3.80. The highest BCUT2D eigenvalue weighted by molar-refractivity contribution is 5.91. The maximum Gasteiger partial charge on any atom is 0.418 e. The Morgan fingerprint density at radius 3 is 2.18 bits per heavy atom. The van der Waals surface area contributed by atoms with E-state index in [1.54, 1.807) is 17.9 Å². The summed E-state index contributed by atoms with van der Waals surface area (Å²) in [5.74, 6) is 0.135. The summed E-state index contributed by atoms with van der Waals surface area (Å²) < 4.78 is 42.4. The molecule has 2 aromatic carbocycles. The molecule has 0 spiro atoms. The van der Waals surface area contributed by atoms with Crippen molar-refractivity contribution >= 4 is 29.2 Å². The summed E-state index contributed by atoms with van der Waals surface area (Å²) in [6, 6.07) is 10.5. The van der Waals surface area contributed by atoms with Gasteiger partial charge in [-0.15, -0.1) is 0 Å². The first-order valence-corrected chi connectivity index (χ1v) is 18.7. The van der Waals surface area contributed by atoms with Crippen LogP contribution in [-0.4, -0.2) is 103 Å². The van der Waals surface area contributed by atoms with Crippen LogP contribution in [0.25, 0.3) is 0 Å². The van der Waals surface area contributed by atoms with Crippen molar-refractivity contribution in [2.24, 2.45) is 17.8 Å². The Bertz CT molecular complexity index is 1560. The lowest BCUT2D eigenvalue weighted by atomic mass is 9.78. The van der Waals surface area contributed by atoms with Gasteiger partial charge in [-0.25, -0.2) is 4.79 Å². The van der Waals surface area contributed by atoms with Crippen molar-refractivity contribution in [3.05, 3.63) is 58.7 Å². The molecule has 4 aliphatic rings. The minimum atomic E-state index is -4.57. The van der Waals surface area contributed by atoms with E-state index in [9.17, 15) is 27.6 Å². The van der Waals surface area contributed by atoms with Crippen molar-refractivity contribution in [2.45, 2.75) is 76.9 Å². The molecule has 0 bridgehead atoms. The third-order valence-electron chi connectivity index (χ3n) is 11.9. The molecule has 4 heterocycles. The van der Waals surface area contributed by atoms with Gasteiger partial charge >= 0.3 is 12.2 Å². The molecule has 3 saturated heterocycles. The highest BCUT2D eigenvalue weighted by atomic mass is 19.4. The van der Waals surface area contributed by atoms with Crippen molar-refractivity contribution in [1.82, 2.24) is 19.6 Å². The molecule has 51 heavy (non-hydrogen) atoms. The largest absolute Gasteiger partial charge is 0.418 e. The summed E-state index contributed by atoms with van der Waals surface area (Å²) in [5.41, 5.74) is 2.03. The van der Waals surface area contributed by atoms with E-state index >= 15 is 0 Å². The quantitative estimate of drug-likeness (QED) is 0.338. The number of carbonyl (C=O) groups excluding carboxylic acids is 3. The standard InChI is InChI=1S/C39H53F3N6O3/c1-26-22-27(24-33(36(26)43-2)39(40,41)42)23-31(37(50)47-17-10-29(11-18-47)28-8-15-45(3)16-9-28)25-35(49)46-19-13-32(14-20-46)48-21-12-30-6-4-5-7-34(30)44-38(48)51/h4-7,22,24,28-29,31-32,43H,8-21,23,25H2,1-3H3,(H,44,51)/t31-/m0/s1. The number of hydrogen-bond donors (Lipinski definition) is 2.